The average molecular weight is 1120 g/mol. The fourth-order valence-electron chi connectivity index (χ4n) is 7.98. The summed E-state index contributed by atoms with van der Waals surface area (Å²) in [4.78, 5) is 48.2. The molecular formula is C52H77F4N5O15S. The summed E-state index contributed by atoms with van der Waals surface area (Å²) >= 11 is 1.63. The smallest absolute Gasteiger partial charge is 0.407 e. The van der Waals surface area contributed by atoms with Gasteiger partial charge in [0.1, 0.15) is 18.0 Å². The Labute approximate surface area is 451 Å². The standard InChI is InChI=1S/C52H77F4N5O15S/c1-2-11-61(12-4-10-58-52(66)75-38-5-3-6-38)51(65)37-28-45-42(59-46(57)29-37)30-39(77-45)8-7-36-32-60(33-36)34-43(62)44(63)35-74-27-26-73-25-24-72-23-22-71-21-20-70-19-18-69-17-16-68-15-14-67-13-9-47(64)76-50-48(55)40(53)31-41(54)49(50)56/h28,30-31,36,38,43-44,62-63H,2-27,29,32-35H2,1H3,(H2,57,59)(H,58,66). The number of rotatable bonds is 41. The molecule has 2 atom stereocenters. The molecule has 25 heteroatoms. The van der Waals surface area contributed by atoms with Crippen LogP contribution in [0.25, 0.3) is 6.08 Å². The monoisotopic (exact) mass is 1120 g/mol. The Hall–Kier alpha value is -4.38. The number of aliphatic hydroxyl groups excluding tert-OH is 2. The maximum atomic E-state index is 13.7. The van der Waals surface area contributed by atoms with Crippen LogP contribution in [0.1, 0.15) is 68.0 Å². The van der Waals surface area contributed by atoms with Crippen LogP contribution in [-0.2, 0) is 58.6 Å². The molecule has 2 aliphatic heterocycles. The third-order valence-corrected chi connectivity index (χ3v) is 13.5. The van der Waals surface area contributed by atoms with E-state index in [0.717, 1.165) is 62.2 Å². The zero-order chi connectivity index (χ0) is 55.2. The summed E-state index contributed by atoms with van der Waals surface area (Å²) in [6.45, 7) is 9.81. The van der Waals surface area contributed by atoms with Crippen LogP contribution in [0.5, 0.6) is 5.75 Å². The molecule has 3 heterocycles. The highest BCUT2D eigenvalue weighted by Crippen LogP contribution is 2.36. The van der Waals surface area contributed by atoms with E-state index in [1.165, 1.54) is 4.88 Å². The van der Waals surface area contributed by atoms with Crippen molar-refractivity contribution in [2.45, 2.75) is 83.0 Å². The van der Waals surface area contributed by atoms with E-state index in [-0.39, 0.29) is 64.1 Å². The molecule has 0 radical (unpaired) electrons. The largest absolute Gasteiger partial charge is 0.446 e. The maximum Gasteiger partial charge on any atom is 0.407 e. The molecule has 1 saturated carbocycles. The first kappa shape index (κ1) is 63.5. The number of amides is 2. The first-order chi connectivity index (χ1) is 37.3. The van der Waals surface area contributed by atoms with E-state index in [1.54, 1.807) is 11.3 Å². The number of hydrogen-bond donors (Lipinski definition) is 4. The van der Waals surface area contributed by atoms with Crippen LogP contribution in [0.2, 0.25) is 0 Å². The fourth-order valence-corrected chi connectivity index (χ4v) is 9.07. The van der Waals surface area contributed by atoms with Gasteiger partial charge in [0.25, 0.3) is 0 Å². The summed E-state index contributed by atoms with van der Waals surface area (Å²) in [5.41, 5.74) is 7.69. The van der Waals surface area contributed by atoms with Crippen molar-refractivity contribution in [1.82, 2.24) is 15.1 Å². The van der Waals surface area contributed by atoms with E-state index in [1.807, 2.05) is 17.9 Å². The van der Waals surface area contributed by atoms with Gasteiger partial charge >= 0.3 is 12.1 Å². The number of benzene rings is 1. The van der Waals surface area contributed by atoms with Crippen molar-refractivity contribution in [2.75, 3.05) is 145 Å². The first-order valence-corrected chi connectivity index (χ1v) is 27.3. The van der Waals surface area contributed by atoms with E-state index in [9.17, 15) is 42.2 Å². The van der Waals surface area contributed by atoms with Crippen LogP contribution in [0.15, 0.2) is 22.7 Å². The van der Waals surface area contributed by atoms with Crippen molar-refractivity contribution in [3.8, 4) is 5.75 Å². The Balaban J connectivity index is 0.771. The number of carbonyl (C=O) groups is 3. The van der Waals surface area contributed by atoms with Gasteiger partial charge in [-0.15, -0.1) is 11.3 Å². The lowest BCUT2D eigenvalue weighted by Crippen LogP contribution is -2.52. The minimum atomic E-state index is -1.80. The van der Waals surface area contributed by atoms with E-state index < -0.39 is 59.7 Å². The number of amidine groups is 1. The SMILES string of the molecule is CCCN(CCCNC(=O)OC1CCC1)C(=O)C1=Cc2sc(CCC3CN(CC(O)C(O)COCCOCCOCCOCCOCCOCCOCCOCCC(=O)Oc4c(F)c(F)cc(F)c4F)C3)cc2N=C(N)C1. The van der Waals surface area contributed by atoms with Crippen LogP contribution in [0.4, 0.5) is 28.0 Å². The number of ether oxygens (including phenoxy) is 10. The predicted molar refractivity (Wildman–Crippen MR) is 275 cm³/mol. The molecule has 1 aliphatic carbocycles. The molecule has 1 aromatic heterocycles. The average Bonchev–Trinajstić information content (AvgIpc) is 3.69. The third-order valence-electron chi connectivity index (χ3n) is 12.3. The number of hydrogen-bond acceptors (Lipinski definition) is 19. The van der Waals surface area contributed by atoms with Gasteiger partial charge in [0.2, 0.25) is 23.3 Å². The van der Waals surface area contributed by atoms with Gasteiger partial charge in [0, 0.05) is 62.2 Å². The molecule has 2 amide bonds. The van der Waals surface area contributed by atoms with Crippen molar-refractivity contribution in [2.24, 2.45) is 16.6 Å². The molecule has 5 rings (SSSR count). The third kappa shape index (κ3) is 23.9. The topological polar surface area (TPSA) is 241 Å². The molecular weight excluding hydrogens is 1040 g/mol. The van der Waals surface area contributed by atoms with Crippen molar-refractivity contribution >= 4 is 46.9 Å². The number of aliphatic imine (C=N–C) groups is 1. The second kappa shape index (κ2) is 36.0. The van der Waals surface area contributed by atoms with Crippen LogP contribution < -0.4 is 15.8 Å². The lowest BCUT2D eigenvalue weighted by Gasteiger charge is -2.41. The quantitative estimate of drug-likeness (QED) is 0.0232. The van der Waals surface area contributed by atoms with Crippen molar-refractivity contribution in [1.29, 1.82) is 0 Å². The lowest BCUT2D eigenvalue weighted by atomic mass is 9.93. The number of halogens is 4. The number of β-amino-alcohol motifs (C(OH)–C–C–N with tert-alkyl or cyclic N) is 1. The molecule has 1 aromatic carbocycles. The van der Waals surface area contributed by atoms with E-state index in [4.69, 9.17) is 48.4 Å². The summed E-state index contributed by atoms with van der Waals surface area (Å²) in [5.74, 6) is -8.76. The lowest BCUT2D eigenvalue weighted by molar-refractivity contribution is -0.136. The number of carbonyl (C=O) groups excluding carboxylic acids is 3. The van der Waals surface area contributed by atoms with Gasteiger partial charge in [-0.05, 0) is 63.0 Å². The molecule has 5 N–H and O–H groups in total. The minimum absolute atomic E-state index is 0.0105. The second-order valence-corrected chi connectivity index (χ2v) is 19.8. The van der Waals surface area contributed by atoms with Crippen LogP contribution in [0.3, 0.4) is 0 Å². The Morgan fingerprint density at radius 1 is 0.792 bits per heavy atom. The zero-order valence-corrected chi connectivity index (χ0v) is 44.8. The predicted octanol–water partition coefficient (Wildman–Crippen LogP) is 4.70. The van der Waals surface area contributed by atoms with Gasteiger partial charge in [0.15, 0.2) is 11.6 Å². The summed E-state index contributed by atoms with van der Waals surface area (Å²) in [5, 5.41) is 23.9. The number of nitrogens with zero attached hydrogens (tertiary/aromatic N) is 3. The van der Waals surface area contributed by atoms with Crippen LogP contribution in [-0.4, -0.2) is 207 Å². The molecule has 20 nitrogen and oxygen atoms in total. The number of aryl methyl sites for hydroxylation is 1. The molecule has 3 aliphatic rings. The number of alkyl carbamates (subject to hydrolysis) is 1. The Kier molecular flexibility index (Phi) is 29.7. The van der Waals surface area contributed by atoms with Crippen LogP contribution in [0, 0.1) is 29.2 Å². The fraction of sp³-hybridized carbons (Fsp3) is 0.692. The van der Waals surface area contributed by atoms with E-state index in [2.05, 4.69) is 26.0 Å². The highest BCUT2D eigenvalue weighted by atomic mass is 32.1. The minimum Gasteiger partial charge on any atom is -0.446 e. The normalized spacial score (nSPS) is 15.7. The van der Waals surface area contributed by atoms with E-state index in [0.29, 0.717) is 116 Å². The number of thiophene rings is 1. The summed E-state index contributed by atoms with van der Waals surface area (Å²) in [6, 6.07) is 2.07. The number of esters is 1. The molecule has 77 heavy (non-hydrogen) atoms. The van der Waals surface area contributed by atoms with Gasteiger partial charge in [-0.2, -0.15) is 8.78 Å². The van der Waals surface area contributed by atoms with Crippen molar-refractivity contribution < 1.29 is 89.5 Å². The van der Waals surface area contributed by atoms with Crippen molar-refractivity contribution in [3.05, 3.63) is 50.7 Å². The van der Waals surface area contributed by atoms with Gasteiger partial charge in [-0.3, -0.25) is 9.59 Å². The molecule has 1 saturated heterocycles. The summed E-state index contributed by atoms with van der Waals surface area (Å²) in [6.07, 6.45) is 5.59. The van der Waals surface area contributed by atoms with E-state index >= 15 is 0 Å². The van der Waals surface area contributed by atoms with Crippen LogP contribution >= 0.6 is 11.3 Å². The van der Waals surface area contributed by atoms with Gasteiger partial charge < -0.3 is 78.4 Å². The first-order valence-electron chi connectivity index (χ1n) is 26.4. The van der Waals surface area contributed by atoms with Gasteiger partial charge in [-0.1, -0.05) is 6.92 Å². The Morgan fingerprint density at radius 2 is 1.35 bits per heavy atom. The zero-order valence-electron chi connectivity index (χ0n) is 44.0. The summed E-state index contributed by atoms with van der Waals surface area (Å²) < 4.78 is 107. The number of fused-ring (bicyclic) bond motifs is 1. The maximum absolute atomic E-state index is 13.7. The molecule has 434 valence electrons. The summed E-state index contributed by atoms with van der Waals surface area (Å²) in [7, 11) is 0. The number of nitrogens with two attached hydrogens (primary N) is 1. The number of likely N-dealkylation sites (tertiary alicyclic amines) is 1. The highest BCUT2D eigenvalue weighted by molar-refractivity contribution is 7.13. The molecule has 0 spiro atoms. The highest BCUT2D eigenvalue weighted by Gasteiger charge is 2.31. The second-order valence-electron chi connectivity index (χ2n) is 18.6. The van der Waals surface area contributed by atoms with Gasteiger partial charge in [0.05, 0.1) is 129 Å². The molecule has 2 fully saturated rings. The molecule has 2 aromatic rings. The Morgan fingerprint density at radius 3 is 1.90 bits per heavy atom. The molecule has 2 unspecified atom stereocenters. The Bertz CT molecular complexity index is 2130. The number of nitrogens with one attached hydrogen (secondary N) is 1. The van der Waals surface area contributed by atoms with Crippen molar-refractivity contribution in [3.63, 3.8) is 0 Å². The molecule has 0 bridgehead atoms. The number of aliphatic hydroxyl groups is 2. The van der Waals surface area contributed by atoms with Gasteiger partial charge in [-0.25, -0.2) is 18.6 Å².